The highest BCUT2D eigenvalue weighted by atomic mass is 35.5. The van der Waals surface area contributed by atoms with Gasteiger partial charge in [-0.25, -0.2) is 0 Å². The summed E-state index contributed by atoms with van der Waals surface area (Å²) in [5.74, 6) is 0.809. The lowest BCUT2D eigenvalue weighted by molar-refractivity contribution is -0.137. The van der Waals surface area contributed by atoms with Crippen LogP contribution in [0.4, 0.5) is 13.2 Å². The molecule has 3 nitrogen and oxygen atoms in total. The van der Waals surface area contributed by atoms with Gasteiger partial charge in [-0.3, -0.25) is 4.90 Å². The van der Waals surface area contributed by atoms with Crippen LogP contribution in [0.2, 0.25) is 5.02 Å². The molecule has 0 aliphatic rings. The molecule has 0 bridgehead atoms. The maximum absolute atomic E-state index is 13.8. The third-order valence-electron chi connectivity index (χ3n) is 7.76. The van der Waals surface area contributed by atoms with Crippen molar-refractivity contribution in [3.63, 3.8) is 0 Å². The zero-order valence-corrected chi connectivity index (χ0v) is 25.8. The summed E-state index contributed by atoms with van der Waals surface area (Å²) >= 11 is 6.41. The highest BCUT2D eigenvalue weighted by Gasteiger charge is 2.37. The summed E-state index contributed by atoms with van der Waals surface area (Å²) in [4.78, 5) is 2.20. The summed E-state index contributed by atoms with van der Waals surface area (Å²) in [6.45, 7) is 8.52. The smallest absolute Gasteiger partial charge is 0.417 e. The van der Waals surface area contributed by atoms with Gasteiger partial charge in [0.25, 0.3) is 0 Å². The van der Waals surface area contributed by atoms with Gasteiger partial charge in [0.2, 0.25) is 0 Å². The Morgan fingerprint density at radius 1 is 0.837 bits per heavy atom. The standard InChI is InChI=1S/C36H40ClF3N2O/c1-27(2)41-22-21-28-13-10-19-32(25-28)43-24-12-23-42(26-29-14-11-20-33(34(29)37)36(38,39)40)35(3,30-15-6-4-7-16-30)31-17-8-5-9-18-31/h4-11,13-20,25,27,41H,12,21-24,26H2,1-3H3. The number of alkyl halides is 3. The fourth-order valence-corrected chi connectivity index (χ4v) is 5.68. The Labute approximate surface area is 258 Å². The molecule has 1 N–H and O–H groups in total. The van der Waals surface area contributed by atoms with Crippen LogP contribution in [0.25, 0.3) is 0 Å². The van der Waals surface area contributed by atoms with Crippen LogP contribution >= 0.6 is 11.6 Å². The van der Waals surface area contributed by atoms with Crippen molar-refractivity contribution >= 4 is 11.6 Å². The first-order chi connectivity index (χ1) is 20.6. The number of nitrogens with one attached hydrogen (secondary N) is 1. The number of benzene rings is 4. The molecule has 7 heteroatoms. The molecule has 4 aromatic carbocycles. The van der Waals surface area contributed by atoms with Gasteiger partial charge < -0.3 is 10.1 Å². The fourth-order valence-electron chi connectivity index (χ4n) is 5.39. The second-order valence-electron chi connectivity index (χ2n) is 11.2. The van der Waals surface area contributed by atoms with E-state index in [2.05, 4.69) is 67.4 Å². The molecule has 0 aromatic heterocycles. The molecule has 0 atom stereocenters. The zero-order chi connectivity index (χ0) is 30.9. The molecule has 0 heterocycles. The fraction of sp³-hybridized carbons (Fsp3) is 0.333. The Morgan fingerprint density at radius 3 is 2.07 bits per heavy atom. The van der Waals surface area contributed by atoms with Gasteiger partial charge in [0, 0.05) is 19.1 Å². The Hall–Kier alpha value is -3.32. The molecule has 4 rings (SSSR count). The topological polar surface area (TPSA) is 24.5 Å². The molecule has 4 aromatic rings. The highest BCUT2D eigenvalue weighted by Crippen LogP contribution is 2.40. The van der Waals surface area contributed by atoms with E-state index in [4.69, 9.17) is 16.3 Å². The highest BCUT2D eigenvalue weighted by molar-refractivity contribution is 6.32. The first-order valence-corrected chi connectivity index (χ1v) is 15.1. The quantitative estimate of drug-likeness (QED) is 0.144. The van der Waals surface area contributed by atoms with Crippen molar-refractivity contribution in [1.29, 1.82) is 0 Å². The van der Waals surface area contributed by atoms with E-state index in [-0.39, 0.29) is 11.6 Å². The maximum atomic E-state index is 13.8. The third-order valence-corrected chi connectivity index (χ3v) is 8.20. The molecule has 228 valence electrons. The van der Waals surface area contributed by atoms with E-state index in [1.54, 1.807) is 6.07 Å². The van der Waals surface area contributed by atoms with Gasteiger partial charge in [-0.15, -0.1) is 0 Å². The van der Waals surface area contributed by atoms with Crippen molar-refractivity contribution in [3.8, 4) is 5.75 Å². The minimum absolute atomic E-state index is 0.224. The van der Waals surface area contributed by atoms with E-state index in [9.17, 15) is 13.2 Å². The SMILES string of the molecule is CC(C)NCCc1cccc(OCCCN(Cc2cccc(C(F)(F)F)c2Cl)C(C)(c2ccccc2)c2ccccc2)c1. The van der Waals surface area contributed by atoms with Crippen LogP contribution in [-0.2, 0) is 24.7 Å². The van der Waals surface area contributed by atoms with Crippen LogP contribution in [0.15, 0.2) is 103 Å². The molecule has 0 amide bonds. The van der Waals surface area contributed by atoms with Gasteiger partial charge in [-0.05, 0) is 66.8 Å². The minimum atomic E-state index is -4.53. The van der Waals surface area contributed by atoms with Gasteiger partial charge in [0.1, 0.15) is 5.75 Å². The molecule has 43 heavy (non-hydrogen) atoms. The first-order valence-electron chi connectivity index (χ1n) is 14.7. The Balaban J connectivity index is 1.59. The zero-order valence-electron chi connectivity index (χ0n) is 25.0. The van der Waals surface area contributed by atoms with Crippen LogP contribution in [0.5, 0.6) is 5.75 Å². The summed E-state index contributed by atoms with van der Waals surface area (Å²) in [5, 5.41) is 3.18. The lowest BCUT2D eigenvalue weighted by Crippen LogP contribution is -2.45. The van der Waals surface area contributed by atoms with Crippen molar-refractivity contribution in [2.45, 2.75) is 57.9 Å². The minimum Gasteiger partial charge on any atom is -0.494 e. The molecule has 0 saturated heterocycles. The largest absolute Gasteiger partial charge is 0.494 e. The van der Waals surface area contributed by atoms with Crippen LogP contribution in [0, 0.1) is 0 Å². The Kier molecular flexibility index (Phi) is 11.3. The van der Waals surface area contributed by atoms with E-state index in [1.165, 1.54) is 11.6 Å². The number of hydrogen-bond donors (Lipinski definition) is 1. The lowest BCUT2D eigenvalue weighted by atomic mass is 9.82. The van der Waals surface area contributed by atoms with E-state index in [0.717, 1.165) is 35.9 Å². The van der Waals surface area contributed by atoms with Gasteiger partial charge >= 0.3 is 6.18 Å². The van der Waals surface area contributed by atoms with Crippen LogP contribution in [0.3, 0.4) is 0 Å². The summed E-state index contributed by atoms with van der Waals surface area (Å²) in [6, 6.07) is 32.8. The molecule has 0 aliphatic carbocycles. The second-order valence-corrected chi connectivity index (χ2v) is 11.6. The molecule has 0 radical (unpaired) electrons. The van der Waals surface area contributed by atoms with Crippen molar-refractivity contribution in [1.82, 2.24) is 10.2 Å². The van der Waals surface area contributed by atoms with Gasteiger partial charge in [-0.2, -0.15) is 13.2 Å². The molecule has 0 aliphatic heterocycles. The normalized spacial score (nSPS) is 12.2. The van der Waals surface area contributed by atoms with E-state index >= 15 is 0 Å². The first kappa shape index (κ1) is 32.6. The maximum Gasteiger partial charge on any atom is 0.417 e. The molecule has 0 spiro atoms. The van der Waals surface area contributed by atoms with Crippen molar-refractivity contribution in [2.75, 3.05) is 19.7 Å². The van der Waals surface area contributed by atoms with Crippen LogP contribution < -0.4 is 10.1 Å². The number of nitrogens with zero attached hydrogens (tertiary/aromatic N) is 1. The van der Waals surface area contributed by atoms with Crippen molar-refractivity contribution in [2.24, 2.45) is 0 Å². The Bertz CT molecular complexity index is 1390. The average molecular weight is 609 g/mol. The summed E-state index contributed by atoms with van der Waals surface area (Å²) in [6.07, 6.45) is -2.97. The predicted octanol–water partition coefficient (Wildman–Crippen LogP) is 9.13. The van der Waals surface area contributed by atoms with E-state index in [0.29, 0.717) is 31.2 Å². The molecular weight excluding hydrogens is 569 g/mol. The van der Waals surface area contributed by atoms with Crippen LogP contribution in [0.1, 0.15) is 55.0 Å². The molecule has 0 unspecified atom stereocenters. The lowest BCUT2D eigenvalue weighted by Gasteiger charge is -2.43. The number of hydrogen-bond acceptors (Lipinski definition) is 3. The summed E-state index contributed by atoms with van der Waals surface area (Å²) in [5.41, 5.74) is 2.23. The van der Waals surface area contributed by atoms with E-state index in [1.807, 2.05) is 48.5 Å². The molecule has 0 fully saturated rings. The van der Waals surface area contributed by atoms with Gasteiger partial charge in [0.05, 0.1) is 22.7 Å². The molecule has 0 saturated carbocycles. The van der Waals surface area contributed by atoms with Crippen molar-refractivity contribution < 1.29 is 17.9 Å². The molecular formula is C36H40ClF3N2O. The van der Waals surface area contributed by atoms with E-state index < -0.39 is 17.3 Å². The second kappa shape index (κ2) is 14.9. The Morgan fingerprint density at radius 2 is 1.47 bits per heavy atom. The summed E-state index contributed by atoms with van der Waals surface area (Å²) in [7, 11) is 0. The number of ether oxygens (including phenoxy) is 1. The van der Waals surface area contributed by atoms with Crippen LogP contribution in [-0.4, -0.2) is 30.6 Å². The summed E-state index contributed by atoms with van der Waals surface area (Å²) < 4.78 is 47.4. The predicted molar refractivity (Wildman–Crippen MR) is 170 cm³/mol. The monoisotopic (exact) mass is 608 g/mol. The average Bonchev–Trinajstić information content (AvgIpc) is 2.99. The van der Waals surface area contributed by atoms with Gasteiger partial charge in [0.15, 0.2) is 0 Å². The van der Waals surface area contributed by atoms with Crippen molar-refractivity contribution in [3.05, 3.63) is 136 Å². The van der Waals surface area contributed by atoms with Gasteiger partial charge in [-0.1, -0.05) is 110 Å². The number of rotatable bonds is 14. The number of halogens is 4. The third kappa shape index (κ3) is 8.62.